The summed E-state index contributed by atoms with van der Waals surface area (Å²) in [6, 6.07) is 4.02. The number of nitrogens with zero attached hydrogens (tertiary/aromatic N) is 3. The molecule has 0 unspecified atom stereocenters. The standard InChI is InChI=1S/C13H20N2OS.C8H12N2/c1-10-4-6-15(7-5-10)17-13-8-12(9-16)14(3)11(13)2;1-7-5-10-4-3-8(7)6-9-2/h8-10H,4-7H2,1-3H3;3-5,9H,6H2,1-2H3. The van der Waals surface area contributed by atoms with Crippen LogP contribution in [-0.4, -0.2) is 40.3 Å². The lowest BCUT2D eigenvalue weighted by molar-refractivity contribution is 0.111. The van der Waals surface area contributed by atoms with Crippen molar-refractivity contribution in [2.24, 2.45) is 13.0 Å². The molecule has 0 aromatic carbocycles. The molecule has 148 valence electrons. The molecule has 5 nitrogen and oxygen atoms in total. The predicted octanol–water partition coefficient (Wildman–Crippen LogP) is 3.99. The Hall–Kier alpha value is -1.63. The molecular weight excluding hydrogens is 356 g/mol. The maximum absolute atomic E-state index is 10.9. The van der Waals surface area contributed by atoms with Gasteiger partial charge in [0.1, 0.15) is 0 Å². The molecule has 0 atom stereocenters. The smallest absolute Gasteiger partial charge is 0.166 e. The number of pyridine rings is 1. The Morgan fingerprint density at radius 2 is 2.04 bits per heavy atom. The first-order valence-electron chi connectivity index (χ1n) is 9.54. The number of nitrogens with one attached hydrogen (secondary N) is 1. The van der Waals surface area contributed by atoms with Crippen LogP contribution in [0.2, 0.25) is 0 Å². The number of aldehydes is 1. The van der Waals surface area contributed by atoms with Gasteiger partial charge in [0, 0.05) is 49.7 Å². The van der Waals surface area contributed by atoms with Crippen molar-refractivity contribution in [1.82, 2.24) is 19.2 Å². The summed E-state index contributed by atoms with van der Waals surface area (Å²) >= 11 is 1.80. The molecule has 2 aromatic heterocycles. The minimum atomic E-state index is 0.760. The van der Waals surface area contributed by atoms with Crippen LogP contribution >= 0.6 is 11.9 Å². The molecule has 1 saturated heterocycles. The van der Waals surface area contributed by atoms with Crippen molar-refractivity contribution in [3.63, 3.8) is 0 Å². The molecule has 0 radical (unpaired) electrons. The minimum Gasteiger partial charge on any atom is -0.345 e. The SMILES string of the molecule is CNCc1ccncc1C.Cc1c(SN2CCC(C)CC2)cc(C=O)n1C. The van der Waals surface area contributed by atoms with Gasteiger partial charge in [-0.05, 0) is 74.9 Å². The zero-order valence-electron chi connectivity index (χ0n) is 17.2. The van der Waals surface area contributed by atoms with E-state index < -0.39 is 0 Å². The fraction of sp³-hybridized carbons (Fsp3) is 0.524. The summed E-state index contributed by atoms with van der Waals surface area (Å²) in [7, 11) is 3.89. The van der Waals surface area contributed by atoms with Crippen LogP contribution in [0.5, 0.6) is 0 Å². The van der Waals surface area contributed by atoms with Crippen LogP contribution < -0.4 is 5.32 Å². The fourth-order valence-corrected chi connectivity index (χ4v) is 4.12. The number of hydrogen-bond donors (Lipinski definition) is 1. The van der Waals surface area contributed by atoms with E-state index in [0.29, 0.717) is 0 Å². The highest BCUT2D eigenvalue weighted by Gasteiger charge is 2.18. The van der Waals surface area contributed by atoms with Gasteiger partial charge in [0.05, 0.1) is 5.69 Å². The van der Waals surface area contributed by atoms with Crippen LogP contribution in [0.3, 0.4) is 0 Å². The fourth-order valence-electron chi connectivity index (χ4n) is 3.01. The first kappa shape index (κ1) is 21.7. The van der Waals surface area contributed by atoms with E-state index in [2.05, 4.69) is 35.4 Å². The average Bonchev–Trinajstić information content (AvgIpc) is 2.94. The summed E-state index contributed by atoms with van der Waals surface area (Å²) < 4.78 is 4.37. The van der Waals surface area contributed by atoms with Crippen LogP contribution in [0.4, 0.5) is 0 Å². The molecule has 1 aliphatic heterocycles. The Bertz CT molecular complexity index is 736. The first-order chi connectivity index (χ1) is 13.0. The Labute approximate surface area is 167 Å². The summed E-state index contributed by atoms with van der Waals surface area (Å²) in [5.74, 6) is 0.856. The normalized spacial score (nSPS) is 15.3. The number of aromatic nitrogens is 2. The van der Waals surface area contributed by atoms with E-state index in [0.717, 1.165) is 37.5 Å². The van der Waals surface area contributed by atoms with Gasteiger partial charge in [-0.2, -0.15) is 0 Å². The van der Waals surface area contributed by atoms with Crippen molar-refractivity contribution in [1.29, 1.82) is 0 Å². The van der Waals surface area contributed by atoms with Crippen LogP contribution in [-0.2, 0) is 13.6 Å². The molecular formula is C21H32N4OS. The summed E-state index contributed by atoms with van der Waals surface area (Å²) in [5.41, 5.74) is 4.50. The summed E-state index contributed by atoms with van der Waals surface area (Å²) in [4.78, 5) is 16.1. The molecule has 0 saturated carbocycles. The van der Waals surface area contributed by atoms with Crippen LogP contribution in [0, 0.1) is 19.8 Å². The van der Waals surface area contributed by atoms with Crippen molar-refractivity contribution < 1.29 is 4.79 Å². The van der Waals surface area contributed by atoms with Gasteiger partial charge in [-0.1, -0.05) is 6.92 Å². The second kappa shape index (κ2) is 10.6. The summed E-state index contributed by atoms with van der Waals surface area (Å²) in [5, 5.41) is 3.10. The van der Waals surface area contributed by atoms with Crippen LogP contribution in [0.15, 0.2) is 29.4 Å². The van der Waals surface area contributed by atoms with E-state index in [4.69, 9.17) is 0 Å². The third-order valence-electron chi connectivity index (χ3n) is 5.12. The third-order valence-corrected chi connectivity index (χ3v) is 6.35. The van der Waals surface area contributed by atoms with E-state index >= 15 is 0 Å². The lowest BCUT2D eigenvalue weighted by Crippen LogP contribution is -2.27. The van der Waals surface area contributed by atoms with E-state index in [9.17, 15) is 4.79 Å². The van der Waals surface area contributed by atoms with Crippen molar-refractivity contribution in [2.45, 2.75) is 45.1 Å². The molecule has 3 heterocycles. The van der Waals surface area contributed by atoms with E-state index in [1.54, 1.807) is 11.9 Å². The highest BCUT2D eigenvalue weighted by atomic mass is 32.2. The zero-order valence-corrected chi connectivity index (χ0v) is 18.0. The molecule has 3 rings (SSSR count). The number of piperidine rings is 1. The summed E-state index contributed by atoms with van der Waals surface area (Å²) in [6.45, 7) is 9.68. The molecule has 0 amide bonds. The van der Waals surface area contributed by atoms with Gasteiger partial charge in [-0.15, -0.1) is 0 Å². The maximum atomic E-state index is 10.9. The second-order valence-electron chi connectivity index (χ2n) is 7.23. The Morgan fingerprint density at radius 1 is 1.33 bits per heavy atom. The lowest BCUT2D eigenvalue weighted by Gasteiger charge is -2.28. The van der Waals surface area contributed by atoms with Gasteiger partial charge in [0.25, 0.3) is 0 Å². The van der Waals surface area contributed by atoms with Gasteiger partial charge in [-0.3, -0.25) is 9.78 Å². The van der Waals surface area contributed by atoms with Gasteiger partial charge in [-0.25, -0.2) is 4.31 Å². The molecule has 0 aliphatic carbocycles. The number of carbonyl (C=O) groups is 1. The van der Waals surface area contributed by atoms with Gasteiger partial charge in [0.2, 0.25) is 0 Å². The van der Waals surface area contributed by atoms with E-state index in [1.807, 2.05) is 43.2 Å². The highest BCUT2D eigenvalue weighted by Crippen LogP contribution is 2.31. The number of hydrogen-bond acceptors (Lipinski definition) is 5. The average molecular weight is 389 g/mol. The minimum absolute atomic E-state index is 0.760. The van der Waals surface area contributed by atoms with Crippen molar-refractivity contribution in [2.75, 3.05) is 20.1 Å². The van der Waals surface area contributed by atoms with Crippen molar-refractivity contribution in [3.8, 4) is 0 Å². The monoisotopic (exact) mass is 388 g/mol. The van der Waals surface area contributed by atoms with Gasteiger partial charge in [0.15, 0.2) is 6.29 Å². The van der Waals surface area contributed by atoms with Gasteiger partial charge >= 0.3 is 0 Å². The molecule has 0 spiro atoms. The third kappa shape index (κ3) is 6.19. The molecule has 6 heteroatoms. The number of aryl methyl sites for hydroxylation is 1. The molecule has 0 bridgehead atoms. The Kier molecular flexibility index (Phi) is 8.54. The molecule has 27 heavy (non-hydrogen) atoms. The van der Waals surface area contributed by atoms with Crippen molar-refractivity contribution >= 4 is 18.2 Å². The van der Waals surface area contributed by atoms with Gasteiger partial charge < -0.3 is 9.88 Å². The maximum Gasteiger partial charge on any atom is 0.166 e. The van der Waals surface area contributed by atoms with Crippen LogP contribution in [0.25, 0.3) is 0 Å². The first-order valence-corrected chi connectivity index (χ1v) is 10.3. The Balaban J connectivity index is 0.000000223. The predicted molar refractivity (Wildman–Crippen MR) is 113 cm³/mol. The second-order valence-corrected chi connectivity index (χ2v) is 8.37. The Morgan fingerprint density at radius 3 is 2.59 bits per heavy atom. The molecule has 1 fully saturated rings. The van der Waals surface area contributed by atoms with Crippen molar-refractivity contribution in [3.05, 3.63) is 47.0 Å². The summed E-state index contributed by atoms with van der Waals surface area (Å²) in [6.07, 6.45) is 7.18. The molecule has 2 aromatic rings. The lowest BCUT2D eigenvalue weighted by atomic mass is 10.0. The number of rotatable bonds is 5. The quantitative estimate of drug-likeness (QED) is 0.620. The van der Waals surface area contributed by atoms with E-state index in [1.165, 1.54) is 34.6 Å². The highest BCUT2D eigenvalue weighted by molar-refractivity contribution is 7.97. The zero-order chi connectivity index (χ0) is 19.8. The largest absolute Gasteiger partial charge is 0.345 e. The van der Waals surface area contributed by atoms with Crippen LogP contribution in [0.1, 0.15) is 47.1 Å². The number of carbonyl (C=O) groups excluding carboxylic acids is 1. The molecule has 1 aliphatic rings. The van der Waals surface area contributed by atoms with E-state index in [-0.39, 0.29) is 0 Å². The topological polar surface area (TPSA) is 50.2 Å². The molecule has 1 N–H and O–H groups in total.